The molecule has 1 aromatic heterocycles. The molecule has 2 N–H and O–H groups in total. The molecule has 0 saturated heterocycles. The van der Waals surface area contributed by atoms with E-state index >= 15 is 0 Å². The second-order valence-electron chi connectivity index (χ2n) is 5.69. The summed E-state index contributed by atoms with van der Waals surface area (Å²) in [4.78, 5) is 13.1. The van der Waals surface area contributed by atoms with Crippen molar-refractivity contribution < 1.29 is 0 Å². The van der Waals surface area contributed by atoms with Gasteiger partial charge in [-0.15, -0.1) is 0 Å². The molecule has 0 aliphatic rings. The van der Waals surface area contributed by atoms with Crippen molar-refractivity contribution in [1.29, 1.82) is 0 Å². The molecule has 0 atom stereocenters. The van der Waals surface area contributed by atoms with Crippen LogP contribution in [0, 0.1) is 0 Å². The summed E-state index contributed by atoms with van der Waals surface area (Å²) >= 11 is 0. The van der Waals surface area contributed by atoms with Crippen molar-refractivity contribution in [2.24, 2.45) is 7.05 Å². The van der Waals surface area contributed by atoms with Crippen molar-refractivity contribution in [3.8, 4) is 11.1 Å². The van der Waals surface area contributed by atoms with Crippen LogP contribution in [0.25, 0.3) is 32.9 Å². The molecule has 0 fully saturated rings. The van der Waals surface area contributed by atoms with Crippen LogP contribution in [0.5, 0.6) is 0 Å². The highest BCUT2D eigenvalue weighted by Crippen LogP contribution is 2.31. The van der Waals surface area contributed by atoms with Gasteiger partial charge in [0.15, 0.2) is 5.43 Å². The summed E-state index contributed by atoms with van der Waals surface area (Å²) in [5.41, 5.74) is 10.5. The van der Waals surface area contributed by atoms with Gasteiger partial charge in [0, 0.05) is 23.7 Å². The van der Waals surface area contributed by atoms with Gasteiger partial charge in [-0.2, -0.15) is 0 Å². The number of nitrogens with zero attached hydrogens (tertiary/aromatic N) is 1. The molecule has 4 aromatic rings. The molecule has 4 rings (SSSR count). The standard InChI is InChI=1S/C20H16N2O/c1-22-17-11-5-3-8-15(17)20(23)19-14(9-6-12-18(19)22)13-7-2-4-10-16(13)21/h2-12H,21H2,1H3. The van der Waals surface area contributed by atoms with Gasteiger partial charge >= 0.3 is 0 Å². The lowest BCUT2D eigenvalue weighted by Gasteiger charge is -2.14. The number of nitrogen functional groups attached to an aromatic ring is 1. The number of para-hydroxylation sites is 2. The number of hydrogen-bond donors (Lipinski definition) is 1. The molecular formula is C20H16N2O. The number of aromatic nitrogens is 1. The minimum atomic E-state index is 0.0487. The lowest BCUT2D eigenvalue weighted by atomic mass is 9.97. The van der Waals surface area contributed by atoms with Crippen molar-refractivity contribution in [3.05, 3.63) is 77.0 Å². The Morgan fingerprint density at radius 2 is 1.43 bits per heavy atom. The molecule has 0 unspecified atom stereocenters. The predicted octanol–water partition coefficient (Wildman–Crippen LogP) is 3.94. The van der Waals surface area contributed by atoms with E-state index in [2.05, 4.69) is 4.57 Å². The Kier molecular flexibility index (Phi) is 2.95. The fourth-order valence-electron chi connectivity index (χ4n) is 3.25. The Labute approximate surface area is 133 Å². The second kappa shape index (κ2) is 4.99. The lowest BCUT2D eigenvalue weighted by molar-refractivity contribution is 1.00. The average molecular weight is 300 g/mol. The summed E-state index contributed by atoms with van der Waals surface area (Å²) in [6.45, 7) is 0. The Balaban J connectivity index is 2.25. The highest BCUT2D eigenvalue weighted by Gasteiger charge is 2.14. The molecule has 0 aliphatic carbocycles. The van der Waals surface area contributed by atoms with E-state index in [1.807, 2.05) is 73.8 Å². The van der Waals surface area contributed by atoms with Crippen molar-refractivity contribution in [1.82, 2.24) is 4.57 Å². The van der Waals surface area contributed by atoms with Crippen LogP contribution in [0.3, 0.4) is 0 Å². The third-order valence-electron chi connectivity index (χ3n) is 4.39. The van der Waals surface area contributed by atoms with Gasteiger partial charge in [-0.25, -0.2) is 0 Å². The molecule has 3 aromatic carbocycles. The average Bonchev–Trinajstić information content (AvgIpc) is 2.59. The zero-order chi connectivity index (χ0) is 16.0. The molecule has 0 radical (unpaired) electrons. The maximum Gasteiger partial charge on any atom is 0.197 e. The first-order valence-corrected chi connectivity index (χ1v) is 7.54. The van der Waals surface area contributed by atoms with E-state index in [9.17, 15) is 4.79 Å². The van der Waals surface area contributed by atoms with Crippen LogP contribution in [0.1, 0.15) is 0 Å². The normalized spacial score (nSPS) is 11.2. The molecule has 1 heterocycles. The van der Waals surface area contributed by atoms with Gasteiger partial charge in [-0.05, 0) is 29.8 Å². The number of rotatable bonds is 1. The van der Waals surface area contributed by atoms with Gasteiger partial charge in [0.05, 0.1) is 16.4 Å². The number of benzene rings is 3. The van der Waals surface area contributed by atoms with Crippen LogP contribution >= 0.6 is 0 Å². The molecule has 0 saturated carbocycles. The summed E-state index contributed by atoms with van der Waals surface area (Å²) in [5, 5.41) is 1.44. The van der Waals surface area contributed by atoms with Crippen LogP contribution in [-0.2, 0) is 7.05 Å². The zero-order valence-corrected chi connectivity index (χ0v) is 12.8. The van der Waals surface area contributed by atoms with E-state index in [1.54, 1.807) is 0 Å². The number of anilines is 1. The maximum absolute atomic E-state index is 13.1. The van der Waals surface area contributed by atoms with E-state index < -0.39 is 0 Å². The molecule has 0 amide bonds. The summed E-state index contributed by atoms with van der Waals surface area (Å²) < 4.78 is 2.06. The van der Waals surface area contributed by atoms with Crippen LogP contribution in [0.4, 0.5) is 5.69 Å². The summed E-state index contributed by atoms with van der Waals surface area (Å²) in [7, 11) is 1.99. The first kappa shape index (κ1) is 13.6. The van der Waals surface area contributed by atoms with Gasteiger partial charge in [-0.1, -0.05) is 42.5 Å². The quantitative estimate of drug-likeness (QED) is 0.427. The molecule has 23 heavy (non-hydrogen) atoms. The van der Waals surface area contributed by atoms with Gasteiger partial charge in [0.2, 0.25) is 0 Å². The minimum absolute atomic E-state index is 0.0487. The van der Waals surface area contributed by atoms with E-state index in [-0.39, 0.29) is 5.43 Å². The third-order valence-corrected chi connectivity index (χ3v) is 4.39. The zero-order valence-electron chi connectivity index (χ0n) is 12.8. The maximum atomic E-state index is 13.1. The number of fused-ring (bicyclic) bond motifs is 2. The first-order valence-electron chi connectivity index (χ1n) is 7.54. The molecule has 3 nitrogen and oxygen atoms in total. The van der Waals surface area contributed by atoms with E-state index in [1.165, 1.54) is 0 Å². The van der Waals surface area contributed by atoms with Crippen LogP contribution in [0.2, 0.25) is 0 Å². The monoisotopic (exact) mass is 300 g/mol. The van der Waals surface area contributed by atoms with Gasteiger partial charge in [0.25, 0.3) is 0 Å². The van der Waals surface area contributed by atoms with Crippen molar-refractivity contribution >= 4 is 27.5 Å². The minimum Gasteiger partial charge on any atom is -0.398 e. The number of nitrogens with two attached hydrogens (primary N) is 1. The first-order chi connectivity index (χ1) is 11.2. The number of aryl methyl sites for hydroxylation is 1. The van der Waals surface area contributed by atoms with E-state index in [4.69, 9.17) is 5.73 Å². The predicted molar refractivity (Wildman–Crippen MR) is 96.5 cm³/mol. The Bertz CT molecular complexity index is 1110. The smallest absolute Gasteiger partial charge is 0.197 e. The Hall–Kier alpha value is -3.07. The van der Waals surface area contributed by atoms with Crippen LogP contribution in [0.15, 0.2) is 71.5 Å². The summed E-state index contributed by atoms with van der Waals surface area (Å²) in [5.74, 6) is 0. The molecule has 0 bridgehead atoms. The molecule has 3 heteroatoms. The van der Waals surface area contributed by atoms with Crippen molar-refractivity contribution in [2.45, 2.75) is 0 Å². The highest BCUT2D eigenvalue weighted by molar-refractivity contribution is 6.03. The lowest BCUT2D eigenvalue weighted by Crippen LogP contribution is -2.10. The number of hydrogen-bond acceptors (Lipinski definition) is 2. The van der Waals surface area contributed by atoms with E-state index in [0.717, 1.165) is 27.5 Å². The van der Waals surface area contributed by atoms with Gasteiger partial charge in [-0.3, -0.25) is 4.79 Å². The molecular weight excluding hydrogens is 284 g/mol. The largest absolute Gasteiger partial charge is 0.398 e. The Morgan fingerprint density at radius 3 is 2.26 bits per heavy atom. The van der Waals surface area contributed by atoms with E-state index in [0.29, 0.717) is 11.1 Å². The fourth-order valence-corrected chi connectivity index (χ4v) is 3.25. The number of pyridine rings is 1. The third kappa shape index (κ3) is 1.94. The molecule has 112 valence electrons. The second-order valence-corrected chi connectivity index (χ2v) is 5.69. The van der Waals surface area contributed by atoms with Gasteiger partial charge < -0.3 is 10.3 Å². The summed E-state index contributed by atoms with van der Waals surface area (Å²) in [6, 6.07) is 21.3. The van der Waals surface area contributed by atoms with Crippen molar-refractivity contribution in [2.75, 3.05) is 5.73 Å². The summed E-state index contributed by atoms with van der Waals surface area (Å²) in [6.07, 6.45) is 0. The van der Waals surface area contributed by atoms with Crippen molar-refractivity contribution in [3.63, 3.8) is 0 Å². The SMILES string of the molecule is Cn1c2ccccc2c(=O)c2c(-c3ccccc3N)cccc21. The molecule has 0 aliphatic heterocycles. The molecule has 0 spiro atoms. The topological polar surface area (TPSA) is 48.0 Å². The Morgan fingerprint density at radius 1 is 0.783 bits per heavy atom. The fraction of sp³-hybridized carbons (Fsp3) is 0.0500. The highest BCUT2D eigenvalue weighted by atomic mass is 16.1. The van der Waals surface area contributed by atoms with Crippen LogP contribution < -0.4 is 11.2 Å². The van der Waals surface area contributed by atoms with Crippen LogP contribution in [-0.4, -0.2) is 4.57 Å². The van der Waals surface area contributed by atoms with Gasteiger partial charge in [0.1, 0.15) is 0 Å².